The van der Waals surface area contributed by atoms with E-state index in [9.17, 15) is 4.79 Å². The fourth-order valence-electron chi connectivity index (χ4n) is 3.30. The molecular weight excluding hydrogens is 354 g/mol. The van der Waals surface area contributed by atoms with E-state index < -0.39 is 0 Å². The van der Waals surface area contributed by atoms with Gasteiger partial charge in [-0.3, -0.25) is 9.89 Å². The maximum atomic E-state index is 13.2. The molecule has 0 aromatic carbocycles. The topological polar surface area (TPSA) is 96.7 Å². The minimum atomic E-state index is -0.213. The van der Waals surface area contributed by atoms with Crippen molar-refractivity contribution in [1.29, 1.82) is 0 Å². The molecule has 3 heterocycles. The van der Waals surface area contributed by atoms with Crippen LogP contribution in [-0.4, -0.2) is 26.2 Å². The summed E-state index contributed by atoms with van der Waals surface area (Å²) in [6.45, 7) is 10.6. The summed E-state index contributed by atoms with van der Waals surface area (Å²) in [5.74, 6) is 1.02. The largest absolute Gasteiger partial charge is 0.336 e. The third-order valence-electron chi connectivity index (χ3n) is 4.94. The Balaban J connectivity index is 1.73. The second-order valence-corrected chi connectivity index (χ2v) is 9.23. The van der Waals surface area contributed by atoms with Crippen LogP contribution in [0.25, 0.3) is 11.1 Å². The number of amides is 1. The first-order chi connectivity index (χ1) is 13.2. The zero-order valence-corrected chi connectivity index (χ0v) is 17.1. The molecule has 1 saturated carbocycles. The maximum absolute atomic E-state index is 13.2. The van der Waals surface area contributed by atoms with E-state index >= 15 is 0 Å². The highest BCUT2D eigenvalue weighted by Gasteiger charge is 2.30. The fourth-order valence-corrected chi connectivity index (χ4v) is 3.30. The number of rotatable bonds is 5. The standard InChI is InChI=1S/C21H27N5O2/c1-11(2)14-9-17(25-24-14)23-19(27)13-8-15(12-6-7-12)22-20-18(13)16(26-28-20)10-21(3,4)5/h8-9,11-12H,6-7,10H2,1-5H3,(H2,23,24,25,27). The molecule has 0 radical (unpaired) electrons. The van der Waals surface area contributed by atoms with Crippen molar-refractivity contribution < 1.29 is 9.32 Å². The monoisotopic (exact) mass is 381 g/mol. The number of fused-ring (bicyclic) bond motifs is 1. The predicted molar refractivity (Wildman–Crippen MR) is 108 cm³/mol. The molecule has 3 aromatic heterocycles. The summed E-state index contributed by atoms with van der Waals surface area (Å²) in [4.78, 5) is 17.8. The molecule has 148 valence electrons. The molecule has 1 fully saturated rings. The van der Waals surface area contributed by atoms with Gasteiger partial charge >= 0.3 is 0 Å². The van der Waals surface area contributed by atoms with Crippen LogP contribution in [0.3, 0.4) is 0 Å². The molecule has 0 aliphatic heterocycles. The lowest BCUT2D eigenvalue weighted by Crippen LogP contribution is -2.15. The van der Waals surface area contributed by atoms with Crippen molar-refractivity contribution in [2.75, 3.05) is 5.32 Å². The molecule has 0 unspecified atom stereocenters. The van der Waals surface area contributed by atoms with E-state index in [4.69, 9.17) is 4.52 Å². The second kappa shape index (κ2) is 6.72. The molecule has 2 N–H and O–H groups in total. The van der Waals surface area contributed by atoms with E-state index in [0.29, 0.717) is 40.7 Å². The van der Waals surface area contributed by atoms with Gasteiger partial charge in [0.15, 0.2) is 5.82 Å². The van der Waals surface area contributed by atoms with Gasteiger partial charge in [0.2, 0.25) is 0 Å². The summed E-state index contributed by atoms with van der Waals surface area (Å²) in [6, 6.07) is 3.77. The van der Waals surface area contributed by atoms with Crippen LogP contribution >= 0.6 is 0 Å². The number of hydrogen-bond acceptors (Lipinski definition) is 5. The van der Waals surface area contributed by atoms with E-state index in [2.05, 4.69) is 60.3 Å². The highest BCUT2D eigenvalue weighted by Crippen LogP contribution is 2.41. The lowest BCUT2D eigenvalue weighted by Gasteiger charge is -2.16. The van der Waals surface area contributed by atoms with Gasteiger partial charge in [0.05, 0.1) is 16.6 Å². The lowest BCUT2D eigenvalue weighted by molar-refractivity contribution is 0.102. The molecule has 0 atom stereocenters. The summed E-state index contributed by atoms with van der Waals surface area (Å²) in [5, 5.41) is 15.0. The van der Waals surface area contributed by atoms with Gasteiger partial charge in [-0.05, 0) is 36.7 Å². The number of carbonyl (C=O) groups excluding carboxylic acids is 1. The molecule has 1 aliphatic rings. The second-order valence-electron chi connectivity index (χ2n) is 9.23. The minimum Gasteiger partial charge on any atom is -0.336 e. The number of pyridine rings is 1. The van der Waals surface area contributed by atoms with Gasteiger partial charge in [-0.15, -0.1) is 0 Å². The molecule has 0 spiro atoms. The zero-order valence-electron chi connectivity index (χ0n) is 17.1. The highest BCUT2D eigenvalue weighted by atomic mass is 16.5. The number of aromatic amines is 1. The first-order valence-corrected chi connectivity index (χ1v) is 9.87. The first kappa shape index (κ1) is 18.7. The van der Waals surface area contributed by atoms with Crippen LogP contribution in [-0.2, 0) is 6.42 Å². The maximum Gasteiger partial charge on any atom is 0.259 e. The Morgan fingerprint density at radius 1 is 1.32 bits per heavy atom. The number of nitrogens with one attached hydrogen (secondary N) is 2. The summed E-state index contributed by atoms with van der Waals surface area (Å²) >= 11 is 0. The van der Waals surface area contributed by atoms with Crippen molar-refractivity contribution in [3.8, 4) is 0 Å². The van der Waals surface area contributed by atoms with Gasteiger partial charge in [0.25, 0.3) is 11.6 Å². The van der Waals surface area contributed by atoms with Crippen molar-refractivity contribution in [1.82, 2.24) is 20.3 Å². The van der Waals surface area contributed by atoms with Crippen LogP contribution < -0.4 is 5.32 Å². The summed E-state index contributed by atoms with van der Waals surface area (Å²) in [7, 11) is 0. The Bertz CT molecular complexity index is 1020. The summed E-state index contributed by atoms with van der Waals surface area (Å²) in [5.41, 5.74) is 3.67. The molecule has 4 rings (SSSR count). The van der Waals surface area contributed by atoms with Crippen LogP contribution in [0.2, 0.25) is 0 Å². The Hall–Kier alpha value is -2.70. The quantitative estimate of drug-likeness (QED) is 0.662. The van der Waals surface area contributed by atoms with E-state index in [1.807, 2.05) is 12.1 Å². The third-order valence-corrected chi connectivity index (χ3v) is 4.94. The predicted octanol–water partition coefficient (Wildman–Crippen LogP) is 4.79. The van der Waals surface area contributed by atoms with Crippen LogP contribution in [0.15, 0.2) is 16.7 Å². The van der Waals surface area contributed by atoms with Gasteiger partial charge < -0.3 is 9.84 Å². The molecule has 0 bridgehead atoms. The van der Waals surface area contributed by atoms with E-state index in [0.717, 1.165) is 29.9 Å². The van der Waals surface area contributed by atoms with E-state index in [1.54, 1.807) is 0 Å². The van der Waals surface area contributed by atoms with E-state index in [1.165, 1.54) is 0 Å². The van der Waals surface area contributed by atoms with Crippen LogP contribution in [0.4, 0.5) is 5.82 Å². The van der Waals surface area contributed by atoms with Crippen LogP contribution in [0, 0.1) is 5.41 Å². The van der Waals surface area contributed by atoms with Gasteiger partial charge in [-0.25, -0.2) is 4.98 Å². The Labute approximate surface area is 164 Å². The summed E-state index contributed by atoms with van der Waals surface area (Å²) < 4.78 is 5.53. The van der Waals surface area contributed by atoms with Crippen molar-refractivity contribution in [2.45, 2.75) is 65.7 Å². The minimum absolute atomic E-state index is 0.0150. The van der Waals surface area contributed by atoms with Gasteiger partial charge in [-0.1, -0.05) is 39.8 Å². The van der Waals surface area contributed by atoms with Crippen molar-refractivity contribution in [3.05, 3.63) is 34.8 Å². The Kier molecular flexibility index (Phi) is 4.48. The molecule has 3 aromatic rings. The average molecular weight is 381 g/mol. The SMILES string of the molecule is CC(C)c1cc(NC(=O)c2cc(C3CC3)nc3onc(CC(C)(C)C)c23)n[nH]1. The lowest BCUT2D eigenvalue weighted by atomic mass is 9.89. The Morgan fingerprint density at radius 3 is 2.68 bits per heavy atom. The third kappa shape index (κ3) is 3.79. The highest BCUT2D eigenvalue weighted by molar-refractivity contribution is 6.12. The molecular formula is C21H27N5O2. The number of carbonyl (C=O) groups is 1. The number of anilines is 1. The molecule has 28 heavy (non-hydrogen) atoms. The van der Waals surface area contributed by atoms with Crippen molar-refractivity contribution in [2.24, 2.45) is 5.41 Å². The van der Waals surface area contributed by atoms with Gasteiger partial charge in [0, 0.05) is 23.4 Å². The van der Waals surface area contributed by atoms with Crippen molar-refractivity contribution >= 4 is 22.8 Å². The van der Waals surface area contributed by atoms with Crippen molar-refractivity contribution in [3.63, 3.8) is 0 Å². The summed E-state index contributed by atoms with van der Waals surface area (Å²) in [6.07, 6.45) is 2.89. The zero-order chi connectivity index (χ0) is 20.1. The smallest absolute Gasteiger partial charge is 0.259 e. The van der Waals surface area contributed by atoms with Crippen LogP contribution in [0.5, 0.6) is 0 Å². The molecule has 1 amide bonds. The number of nitrogens with zero attached hydrogens (tertiary/aromatic N) is 3. The Morgan fingerprint density at radius 2 is 2.07 bits per heavy atom. The number of hydrogen-bond donors (Lipinski definition) is 2. The molecule has 7 heteroatoms. The van der Waals surface area contributed by atoms with Crippen LogP contribution in [0.1, 0.15) is 86.7 Å². The van der Waals surface area contributed by atoms with E-state index in [-0.39, 0.29) is 11.3 Å². The molecule has 0 saturated heterocycles. The molecule has 1 aliphatic carbocycles. The van der Waals surface area contributed by atoms with Gasteiger partial charge in [0.1, 0.15) is 0 Å². The molecule has 7 nitrogen and oxygen atoms in total. The average Bonchev–Trinajstić information content (AvgIpc) is 3.23. The normalized spacial score (nSPS) is 14.8. The first-order valence-electron chi connectivity index (χ1n) is 9.87. The fraction of sp³-hybridized carbons (Fsp3) is 0.524. The number of aromatic nitrogens is 4. The number of H-pyrrole nitrogens is 1. The van der Waals surface area contributed by atoms with Gasteiger partial charge in [-0.2, -0.15) is 5.10 Å².